The quantitative estimate of drug-likeness (QED) is 0.352. The number of fused-ring (bicyclic) bond motifs is 1. The number of H-pyrrole nitrogens is 2. The number of carbonyl (C=O) groups is 1. The second kappa shape index (κ2) is 9.56. The minimum Gasteiger partial charge on any atom is -0.379 e. The number of halogens is 1. The first-order valence-corrected chi connectivity index (χ1v) is 12.2. The number of benzene rings is 2. The van der Waals surface area contributed by atoms with Gasteiger partial charge in [-0.25, -0.2) is 4.98 Å². The first kappa shape index (κ1) is 22.0. The summed E-state index contributed by atoms with van der Waals surface area (Å²) in [6.45, 7) is 4.28. The van der Waals surface area contributed by atoms with Gasteiger partial charge in [-0.05, 0) is 42.2 Å². The van der Waals surface area contributed by atoms with Crippen molar-refractivity contribution in [2.24, 2.45) is 0 Å². The van der Waals surface area contributed by atoms with Crippen molar-refractivity contribution in [3.8, 4) is 11.5 Å². The van der Waals surface area contributed by atoms with Gasteiger partial charge in [0.1, 0.15) is 0 Å². The zero-order valence-electron chi connectivity index (χ0n) is 18.0. The summed E-state index contributed by atoms with van der Waals surface area (Å²) in [5.74, 6) is 0.275. The molecule has 3 N–H and O–H groups in total. The average Bonchev–Trinajstić information content (AvgIpc) is 3.46. The Kier molecular flexibility index (Phi) is 6.37. The lowest BCUT2D eigenvalue weighted by Gasteiger charge is -2.26. The molecule has 0 atom stereocenters. The fourth-order valence-electron chi connectivity index (χ4n) is 3.84. The molecule has 1 fully saturated rings. The van der Waals surface area contributed by atoms with Crippen LogP contribution in [-0.4, -0.2) is 63.5 Å². The Balaban J connectivity index is 1.38. The van der Waals surface area contributed by atoms with Gasteiger partial charge >= 0.3 is 0 Å². The molecule has 2 aromatic heterocycles. The number of carbonyl (C=O) groups excluding carboxylic acids is 1. The third-order valence-corrected chi connectivity index (χ3v) is 6.64. The van der Waals surface area contributed by atoms with E-state index in [1.165, 1.54) is 5.56 Å². The van der Waals surface area contributed by atoms with E-state index in [0.29, 0.717) is 27.8 Å². The molecule has 5 rings (SSSR count). The van der Waals surface area contributed by atoms with Gasteiger partial charge < -0.3 is 15.0 Å². The molecule has 10 heteroatoms. The van der Waals surface area contributed by atoms with E-state index in [1.54, 1.807) is 30.1 Å². The number of thioether (sulfide) groups is 1. The summed E-state index contributed by atoms with van der Waals surface area (Å²) in [7, 11) is 0. The van der Waals surface area contributed by atoms with Crippen molar-refractivity contribution in [3.05, 3.63) is 58.7 Å². The standard InChI is InChI=1S/C23H23ClN6O2S/c1-33-15-3-4-17(24)16(11-15)23(31)28-20-12-25-29-21(20)22-26-18-5-2-14(10-19(18)27-22)13-30-6-8-32-9-7-30/h2-5,10-12H,6-9,13H2,1H3,(H,25,29)(H,26,27)(H,28,31). The van der Waals surface area contributed by atoms with Gasteiger partial charge in [-0.3, -0.25) is 14.8 Å². The van der Waals surface area contributed by atoms with Crippen molar-refractivity contribution in [2.45, 2.75) is 11.4 Å². The number of rotatable bonds is 6. The van der Waals surface area contributed by atoms with Gasteiger partial charge in [0.15, 0.2) is 11.5 Å². The van der Waals surface area contributed by atoms with Gasteiger partial charge in [-0.15, -0.1) is 11.8 Å². The lowest BCUT2D eigenvalue weighted by molar-refractivity contribution is 0.0342. The van der Waals surface area contributed by atoms with E-state index in [0.717, 1.165) is 48.8 Å². The summed E-state index contributed by atoms with van der Waals surface area (Å²) < 4.78 is 5.43. The fourth-order valence-corrected chi connectivity index (χ4v) is 4.48. The lowest BCUT2D eigenvalue weighted by Crippen LogP contribution is -2.35. The minimum absolute atomic E-state index is 0.303. The van der Waals surface area contributed by atoms with E-state index in [2.05, 4.69) is 37.5 Å². The van der Waals surface area contributed by atoms with Gasteiger partial charge in [0.05, 0.1) is 40.5 Å². The molecule has 0 aliphatic carbocycles. The SMILES string of the molecule is CSc1ccc(Cl)c(C(=O)Nc2c[nH]nc2-c2nc3cc(CN4CCOCC4)ccc3[nH]2)c1. The van der Waals surface area contributed by atoms with Crippen molar-refractivity contribution >= 4 is 46.0 Å². The van der Waals surface area contributed by atoms with Crippen LogP contribution in [0.15, 0.2) is 47.5 Å². The second-order valence-corrected chi connectivity index (χ2v) is 9.06. The maximum Gasteiger partial charge on any atom is 0.257 e. The van der Waals surface area contributed by atoms with Crippen LogP contribution in [0.25, 0.3) is 22.6 Å². The van der Waals surface area contributed by atoms with Crippen LogP contribution in [0.2, 0.25) is 5.02 Å². The molecular formula is C23H23ClN6O2S. The molecule has 0 unspecified atom stereocenters. The number of nitrogens with zero attached hydrogens (tertiary/aromatic N) is 3. The van der Waals surface area contributed by atoms with Gasteiger partial charge in [0.2, 0.25) is 0 Å². The number of aromatic nitrogens is 4. The Morgan fingerprint density at radius 3 is 2.91 bits per heavy atom. The zero-order chi connectivity index (χ0) is 22.8. The Morgan fingerprint density at radius 1 is 1.24 bits per heavy atom. The van der Waals surface area contributed by atoms with Gasteiger partial charge in [0.25, 0.3) is 5.91 Å². The van der Waals surface area contributed by atoms with Gasteiger partial charge in [-0.2, -0.15) is 5.10 Å². The van der Waals surface area contributed by atoms with Crippen molar-refractivity contribution < 1.29 is 9.53 Å². The lowest BCUT2D eigenvalue weighted by atomic mass is 10.2. The van der Waals surface area contributed by atoms with E-state index < -0.39 is 0 Å². The highest BCUT2D eigenvalue weighted by atomic mass is 35.5. The molecule has 2 aromatic carbocycles. The Bertz CT molecular complexity index is 1300. The van der Waals surface area contributed by atoms with E-state index in [-0.39, 0.29) is 5.91 Å². The van der Waals surface area contributed by atoms with Crippen LogP contribution in [0.3, 0.4) is 0 Å². The Hall–Kier alpha value is -2.85. The molecule has 33 heavy (non-hydrogen) atoms. The van der Waals surface area contributed by atoms with E-state index in [4.69, 9.17) is 21.3 Å². The number of hydrogen-bond donors (Lipinski definition) is 3. The summed E-state index contributed by atoms with van der Waals surface area (Å²) in [5, 5.41) is 10.4. The van der Waals surface area contributed by atoms with Crippen molar-refractivity contribution in [1.29, 1.82) is 0 Å². The van der Waals surface area contributed by atoms with Crippen LogP contribution in [0.4, 0.5) is 5.69 Å². The molecule has 4 aromatic rings. The fraction of sp³-hybridized carbons (Fsp3) is 0.261. The van der Waals surface area contributed by atoms with Crippen LogP contribution in [0.5, 0.6) is 0 Å². The molecular weight excluding hydrogens is 460 g/mol. The summed E-state index contributed by atoms with van der Waals surface area (Å²) in [5.41, 5.74) is 4.43. The van der Waals surface area contributed by atoms with Crippen molar-refractivity contribution in [2.75, 3.05) is 37.9 Å². The highest BCUT2D eigenvalue weighted by molar-refractivity contribution is 7.98. The number of imidazole rings is 1. The Labute approximate surface area is 200 Å². The van der Waals surface area contributed by atoms with Crippen LogP contribution in [0.1, 0.15) is 15.9 Å². The second-order valence-electron chi connectivity index (χ2n) is 7.77. The molecule has 1 aliphatic heterocycles. The molecule has 8 nitrogen and oxygen atoms in total. The monoisotopic (exact) mass is 482 g/mol. The first-order valence-electron chi connectivity index (χ1n) is 10.6. The highest BCUT2D eigenvalue weighted by Gasteiger charge is 2.18. The molecule has 1 aliphatic rings. The predicted molar refractivity (Wildman–Crippen MR) is 131 cm³/mol. The van der Waals surface area contributed by atoms with Gasteiger partial charge in [-0.1, -0.05) is 17.7 Å². The zero-order valence-corrected chi connectivity index (χ0v) is 19.6. The molecule has 0 spiro atoms. The third kappa shape index (κ3) is 4.77. The molecule has 3 heterocycles. The van der Waals surface area contributed by atoms with Crippen LogP contribution >= 0.6 is 23.4 Å². The summed E-state index contributed by atoms with van der Waals surface area (Å²) >= 11 is 7.81. The van der Waals surface area contributed by atoms with Gasteiger partial charge in [0, 0.05) is 30.7 Å². The summed E-state index contributed by atoms with van der Waals surface area (Å²) in [6, 6.07) is 11.6. The largest absolute Gasteiger partial charge is 0.379 e. The molecule has 0 radical (unpaired) electrons. The molecule has 1 saturated heterocycles. The van der Waals surface area contributed by atoms with Crippen molar-refractivity contribution in [1.82, 2.24) is 25.1 Å². The normalized spacial score (nSPS) is 14.6. The number of nitrogens with one attached hydrogen (secondary N) is 3. The summed E-state index contributed by atoms with van der Waals surface area (Å²) in [4.78, 5) is 24.3. The highest BCUT2D eigenvalue weighted by Crippen LogP contribution is 2.28. The third-order valence-electron chi connectivity index (χ3n) is 5.59. The molecule has 170 valence electrons. The maximum atomic E-state index is 12.9. The molecule has 1 amide bonds. The van der Waals surface area contributed by atoms with Crippen molar-refractivity contribution in [3.63, 3.8) is 0 Å². The molecule has 0 saturated carbocycles. The van der Waals surface area contributed by atoms with Crippen LogP contribution in [0, 0.1) is 0 Å². The van der Waals surface area contributed by atoms with E-state index in [1.807, 2.05) is 18.4 Å². The maximum absolute atomic E-state index is 12.9. The topological polar surface area (TPSA) is 98.9 Å². The number of anilines is 1. The number of hydrogen-bond acceptors (Lipinski definition) is 6. The van der Waals surface area contributed by atoms with Crippen LogP contribution in [-0.2, 0) is 11.3 Å². The van der Waals surface area contributed by atoms with E-state index in [9.17, 15) is 4.79 Å². The first-order chi connectivity index (χ1) is 16.1. The smallest absolute Gasteiger partial charge is 0.257 e. The van der Waals surface area contributed by atoms with E-state index >= 15 is 0 Å². The minimum atomic E-state index is -0.303. The number of amides is 1. The summed E-state index contributed by atoms with van der Waals surface area (Å²) in [6.07, 6.45) is 3.59. The van der Waals surface area contributed by atoms with Crippen LogP contribution < -0.4 is 5.32 Å². The number of morpholine rings is 1. The Morgan fingerprint density at radius 2 is 2.09 bits per heavy atom. The predicted octanol–water partition coefficient (Wildman–Crippen LogP) is 4.41. The average molecular weight is 483 g/mol. The number of aromatic amines is 2. The molecule has 0 bridgehead atoms. The number of ether oxygens (including phenoxy) is 1.